The van der Waals surface area contributed by atoms with Gasteiger partial charge in [-0.3, -0.25) is 14.3 Å². The molecule has 3 aromatic rings. The van der Waals surface area contributed by atoms with Crippen LogP contribution < -0.4 is 11.2 Å². The van der Waals surface area contributed by atoms with Gasteiger partial charge in [-0.1, -0.05) is 42.5 Å². The van der Waals surface area contributed by atoms with Crippen LogP contribution in [0.4, 0.5) is 0 Å². The standard InChI is InChI=1S/C20H21N3O3/c24-19-16-8-4-5-9-17(16)21-20(25)23(19)14-18(15-6-2-1-3-7-15)22-10-12-26-13-11-22/h1-9,18H,10-14H2,(H,21,25). The first-order valence-corrected chi connectivity index (χ1v) is 8.82. The van der Waals surface area contributed by atoms with Crippen molar-refractivity contribution in [1.82, 2.24) is 14.5 Å². The van der Waals surface area contributed by atoms with E-state index in [1.165, 1.54) is 4.57 Å². The molecule has 1 aliphatic heterocycles. The van der Waals surface area contributed by atoms with Crippen molar-refractivity contribution >= 4 is 10.9 Å². The number of fused-ring (bicyclic) bond motifs is 1. The Morgan fingerprint density at radius 2 is 1.65 bits per heavy atom. The highest BCUT2D eigenvalue weighted by atomic mass is 16.5. The Hall–Kier alpha value is -2.70. The van der Waals surface area contributed by atoms with Crippen molar-refractivity contribution in [2.24, 2.45) is 0 Å². The van der Waals surface area contributed by atoms with Crippen LogP contribution in [0, 0.1) is 0 Å². The Morgan fingerprint density at radius 3 is 2.42 bits per heavy atom. The van der Waals surface area contributed by atoms with Crippen molar-refractivity contribution in [1.29, 1.82) is 0 Å². The summed E-state index contributed by atoms with van der Waals surface area (Å²) < 4.78 is 6.78. The molecule has 0 spiro atoms. The number of aromatic amines is 1. The predicted molar refractivity (Wildman–Crippen MR) is 100 cm³/mol. The number of aromatic nitrogens is 2. The van der Waals surface area contributed by atoms with E-state index < -0.39 is 0 Å². The third-order valence-electron chi connectivity index (χ3n) is 4.92. The Morgan fingerprint density at radius 1 is 0.962 bits per heavy atom. The van der Waals surface area contributed by atoms with Gasteiger partial charge < -0.3 is 9.72 Å². The molecule has 1 unspecified atom stereocenters. The lowest BCUT2D eigenvalue weighted by atomic mass is 10.0. The summed E-state index contributed by atoms with van der Waals surface area (Å²) in [6, 6.07) is 17.1. The van der Waals surface area contributed by atoms with Crippen molar-refractivity contribution in [3.63, 3.8) is 0 Å². The fourth-order valence-corrected chi connectivity index (χ4v) is 3.53. The van der Waals surface area contributed by atoms with Crippen molar-refractivity contribution in [3.8, 4) is 0 Å². The number of hydrogen-bond donors (Lipinski definition) is 1. The summed E-state index contributed by atoms with van der Waals surface area (Å²) in [6.07, 6.45) is 0. The number of nitrogens with zero attached hydrogens (tertiary/aromatic N) is 2. The van der Waals surface area contributed by atoms with Crippen LogP contribution in [-0.4, -0.2) is 40.8 Å². The topological polar surface area (TPSA) is 67.3 Å². The van der Waals surface area contributed by atoms with Crippen LogP contribution in [0.15, 0.2) is 64.2 Å². The first-order chi connectivity index (χ1) is 12.7. The molecule has 134 valence electrons. The van der Waals surface area contributed by atoms with E-state index in [1.807, 2.05) is 42.5 Å². The van der Waals surface area contributed by atoms with E-state index in [2.05, 4.69) is 9.88 Å². The molecular formula is C20H21N3O3. The number of morpholine rings is 1. The molecule has 0 bridgehead atoms. The van der Waals surface area contributed by atoms with Crippen LogP contribution in [-0.2, 0) is 11.3 Å². The highest BCUT2D eigenvalue weighted by Gasteiger charge is 2.24. The van der Waals surface area contributed by atoms with E-state index in [4.69, 9.17) is 4.74 Å². The number of hydrogen-bond acceptors (Lipinski definition) is 4. The summed E-state index contributed by atoms with van der Waals surface area (Å²) in [4.78, 5) is 30.6. The van der Waals surface area contributed by atoms with Gasteiger partial charge in [0.05, 0.1) is 36.7 Å². The van der Waals surface area contributed by atoms with E-state index in [0.29, 0.717) is 30.7 Å². The maximum atomic E-state index is 12.9. The molecule has 2 aromatic carbocycles. The zero-order valence-corrected chi connectivity index (χ0v) is 14.4. The maximum absolute atomic E-state index is 12.9. The van der Waals surface area contributed by atoms with E-state index in [0.717, 1.165) is 18.7 Å². The first kappa shape index (κ1) is 16.8. The molecule has 0 saturated carbocycles. The van der Waals surface area contributed by atoms with Crippen LogP contribution >= 0.6 is 0 Å². The molecule has 26 heavy (non-hydrogen) atoms. The van der Waals surface area contributed by atoms with Crippen LogP contribution in [0.25, 0.3) is 10.9 Å². The van der Waals surface area contributed by atoms with Gasteiger partial charge in [0.15, 0.2) is 0 Å². The van der Waals surface area contributed by atoms with Gasteiger partial charge in [0.1, 0.15) is 0 Å². The van der Waals surface area contributed by atoms with Crippen molar-refractivity contribution in [2.45, 2.75) is 12.6 Å². The predicted octanol–water partition coefficient (Wildman–Crippen LogP) is 1.76. The van der Waals surface area contributed by atoms with Gasteiger partial charge >= 0.3 is 5.69 Å². The van der Waals surface area contributed by atoms with Crippen LogP contribution in [0.2, 0.25) is 0 Å². The molecular weight excluding hydrogens is 330 g/mol. The number of ether oxygens (including phenoxy) is 1. The number of rotatable bonds is 4. The quantitative estimate of drug-likeness (QED) is 0.778. The third kappa shape index (κ3) is 3.21. The van der Waals surface area contributed by atoms with Gasteiger partial charge in [-0.2, -0.15) is 0 Å². The van der Waals surface area contributed by atoms with Crippen LogP contribution in [0.1, 0.15) is 11.6 Å². The Labute approximate surface area is 150 Å². The Kier molecular flexibility index (Phi) is 4.69. The second-order valence-corrected chi connectivity index (χ2v) is 6.47. The molecule has 6 heteroatoms. The van der Waals surface area contributed by atoms with Crippen molar-refractivity contribution in [3.05, 3.63) is 81.0 Å². The molecule has 1 aromatic heterocycles. The fraction of sp³-hybridized carbons (Fsp3) is 0.300. The second kappa shape index (κ2) is 7.27. The summed E-state index contributed by atoms with van der Waals surface area (Å²) in [5.41, 5.74) is 1.04. The number of nitrogens with one attached hydrogen (secondary N) is 1. The zero-order valence-electron chi connectivity index (χ0n) is 14.4. The van der Waals surface area contributed by atoms with Gasteiger partial charge in [-0.25, -0.2) is 4.79 Å². The smallest absolute Gasteiger partial charge is 0.328 e. The summed E-state index contributed by atoms with van der Waals surface area (Å²) in [7, 11) is 0. The molecule has 0 amide bonds. The van der Waals surface area contributed by atoms with Crippen molar-refractivity contribution in [2.75, 3.05) is 26.3 Å². The molecule has 0 radical (unpaired) electrons. The minimum atomic E-state index is -0.372. The van der Waals surface area contributed by atoms with Crippen LogP contribution in [0.3, 0.4) is 0 Å². The van der Waals surface area contributed by atoms with Gasteiger partial charge in [0.2, 0.25) is 0 Å². The minimum absolute atomic E-state index is 0.0555. The molecule has 1 fully saturated rings. The first-order valence-electron chi connectivity index (χ1n) is 8.82. The number of H-pyrrole nitrogens is 1. The van der Waals surface area contributed by atoms with Gasteiger partial charge in [0.25, 0.3) is 5.56 Å². The lowest BCUT2D eigenvalue weighted by Gasteiger charge is -2.35. The minimum Gasteiger partial charge on any atom is -0.379 e. The third-order valence-corrected chi connectivity index (χ3v) is 4.92. The van der Waals surface area contributed by atoms with E-state index in [9.17, 15) is 9.59 Å². The molecule has 4 rings (SSSR count). The molecule has 2 heterocycles. The van der Waals surface area contributed by atoms with E-state index in [-0.39, 0.29) is 17.3 Å². The lowest BCUT2D eigenvalue weighted by molar-refractivity contribution is 0.0119. The molecule has 6 nitrogen and oxygen atoms in total. The lowest BCUT2D eigenvalue weighted by Crippen LogP contribution is -2.44. The average molecular weight is 351 g/mol. The molecule has 0 aliphatic carbocycles. The summed E-state index contributed by atoms with van der Waals surface area (Å²) in [5, 5.41) is 0.529. The Balaban J connectivity index is 1.77. The van der Waals surface area contributed by atoms with Crippen LogP contribution in [0.5, 0.6) is 0 Å². The van der Waals surface area contributed by atoms with Gasteiger partial charge in [-0.15, -0.1) is 0 Å². The fourth-order valence-electron chi connectivity index (χ4n) is 3.53. The van der Waals surface area contributed by atoms with Gasteiger partial charge in [0, 0.05) is 13.1 Å². The van der Waals surface area contributed by atoms with E-state index in [1.54, 1.807) is 12.1 Å². The zero-order chi connectivity index (χ0) is 17.9. The summed E-state index contributed by atoms with van der Waals surface area (Å²) >= 11 is 0. The van der Waals surface area contributed by atoms with Gasteiger partial charge in [-0.05, 0) is 17.7 Å². The maximum Gasteiger partial charge on any atom is 0.328 e. The molecule has 1 saturated heterocycles. The number of para-hydroxylation sites is 1. The normalized spacial score (nSPS) is 16.6. The average Bonchev–Trinajstić information content (AvgIpc) is 2.69. The number of benzene rings is 2. The summed E-state index contributed by atoms with van der Waals surface area (Å²) in [5.74, 6) is 0. The SMILES string of the molecule is O=c1[nH]c2ccccc2c(=O)n1CC(c1ccccc1)N1CCOCC1. The highest BCUT2D eigenvalue weighted by molar-refractivity contribution is 5.76. The van der Waals surface area contributed by atoms with E-state index >= 15 is 0 Å². The molecule has 1 N–H and O–H groups in total. The molecule has 1 aliphatic rings. The summed E-state index contributed by atoms with van der Waals surface area (Å²) in [6.45, 7) is 3.18. The van der Waals surface area contributed by atoms with Crippen molar-refractivity contribution < 1.29 is 4.74 Å². The Bertz CT molecular complexity index is 1000. The second-order valence-electron chi connectivity index (χ2n) is 6.47. The monoisotopic (exact) mass is 351 g/mol. The molecule has 1 atom stereocenters. The largest absolute Gasteiger partial charge is 0.379 e. The highest BCUT2D eigenvalue weighted by Crippen LogP contribution is 2.23.